The monoisotopic (exact) mass is 258 g/mol. The number of carboxylic acid groups (broad SMARTS) is 1. The lowest BCUT2D eigenvalue weighted by molar-refractivity contribution is -0.139. The summed E-state index contributed by atoms with van der Waals surface area (Å²) in [5.74, 6) is -1.12. The van der Waals surface area contributed by atoms with E-state index in [1.165, 1.54) is 0 Å². The van der Waals surface area contributed by atoms with Gasteiger partial charge in [-0.05, 0) is 33.1 Å². The molecular weight excluding hydrogens is 236 g/mol. The second-order valence-corrected chi connectivity index (χ2v) is 4.89. The van der Waals surface area contributed by atoms with Crippen LogP contribution in [-0.4, -0.2) is 51.8 Å². The van der Waals surface area contributed by atoms with Crippen LogP contribution < -0.4 is 5.32 Å². The molecule has 1 unspecified atom stereocenters. The van der Waals surface area contributed by atoms with Crippen LogP contribution in [0.3, 0.4) is 0 Å². The summed E-state index contributed by atoms with van der Waals surface area (Å²) in [6.07, 6.45) is 2.99. The molecule has 6 nitrogen and oxygen atoms in total. The molecule has 1 aliphatic rings. The normalized spacial score (nSPS) is 25.6. The van der Waals surface area contributed by atoms with Crippen LogP contribution in [0.5, 0.6) is 0 Å². The van der Waals surface area contributed by atoms with Crippen molar-refractivity contribution in [3.8, 4) is 0 Å². The van der Waals surface area contributed by atoms with Crippen molar-refractivity contribution >= 4 is 12.0 Å². The van der Waals surface area contributed by atoms with Gasteiger partial charge in [0.1, 0.15) is 6.04 Å². The second kappa shape index (κ2) is 6.58. The lowest BCUT2D eigenvalue weighted by Gasteiger charge is -2.39. The van der Waals surface area contributed by atoms with Gasteiger partial charge in [0, 0.05) is 25.1 Å². The first-order valence-corrected chi connectivity index (χ1v) is 6.39. The van der Waals surface area contributed by atoms with Crippen molar-refractivity contribution < 1.29 is 19.8 Å². The van der Waals surface area contributed by atoms with E-state index in [1.807, 2.05) is 13.8 Å². The Balaban J connectivity index is 2.64. The minimum atomic E-state index is -1.12. The largest absolute Gasteiger partial charge is 0.480 e. The van der Waals surface area contributed by atoms with Crippen molar-refractivity contribution in [2.75, 3.05) is 6.61 Å². The Hall–Kier alpha value is -1.30. The van der Waals surface area contributed by atoms with E-state index in [2.05, 4.69) is 5.32 Å². The molecule has 0 aromatic rings. The summed E-state index contributed by atoms with van der Waals surface area (Å²) in [4.78, 5) is 24.7. The highest BCUT2D eigenvalue weighted by atomic mass is 16.4. The van der Waals surface area contributed by atoms with Crippen molar-refractivity contribution in [2.24, 2.45) is 0 Å². The van der Waals surface area contributed by atoms with Crippen LogP contribution in [0.2, 0.25) is 0 Å². The minimum Gasteiger partial charge on any atom is -0.480 e. The molecule has 18 heavy (non-hydrogen) atoms. The maximum atomic E-state index is 12.1. The number of carboxylic acids is 1. The lowest BCUT2D eigenvalue weighted by Crippen LogP contribution is -2.55. The number of piperidine rings is 1. The van der Waals surface area contributed by atoms with E-state index in [1.54, 1.807) is 4.90 Å². The molecule has 0 bridgehead atoms. The molecule has 0 saturated carbocycles. The van der Waals surface area contributed by atoms with Crippen LogP contribution in [0.4, 0.5) is 4.79 Å². The van der Waals surface area contributed by atoms with Gasteiger partial charge in [0.05, 0.1) is 0 Å². The molecule has 0 spiro atoms. The summed E-state index contributed by atoms with van der Waals surface area (Å²) in [6.45, 7) is 3.68. The number of aliphatic hydroxyl groups excluding tert-OH is 1. The maximum Gasteiger partial charge on any atom is 0.326 e. The van der Waals surface area contributed by atoms with Gasteiger partial charge in [-0.3, -0.25) is 0 Å². The Morgan fingerprint density at radius 2 is 1.89 bits per heavy atom. The Labute approximate surface area is 107 Å². The Kier molecular flexibility index (Phi) is 5.40. The first kappa shape index (κ1) is 14.8. The fraction of sp³-hybridized carbons (Fsp3) is 0.833. The maximum absolute atomic E-state index is 12.1. The molecule has 6 heteroatoms. The number of amides is 2. The number of aliphatic carboxylic acids is 1. The number of nitrogens with zero attached hydrogens (tertiary/aromatic N) is 1. The number of hydrogen-bond acceptors (Lipinski definition) is 3. The number of carbonyl (C=O) groups is 2. The van der Waals surface area contributed by atoms with Crippen molar-refractivity contribution in [2.45, 2.75) is 57.7 Å². The smallest absolute Gasteiger partial charge is 0.326 e. The van der Waals surface area contributed by atoms with Crippen LogP contribution in [0.15, 0.2) is 0 Å². The van der Waals surface area contributed by atoms with Crippen molar-refractivity contribution in [3.05, 3.63) is 0 Å². The average molecular weight is 258 g/mol. The zero-order chi connectivity index (χ0) is 13.7. The molecule has 0 radical (unpaired) electrons. The summed E-state index contributed by atoms with van der Waals surface area (Å²) in [6, 6.07) is -1.13. The average Bonchev–Trinajstić information content (AvgIpc) is 2.28. The SMILES string of the molecule is C[C@@H]1CCC[C@H](C)N1C(=O)NC(CCO)C(=O)O. The van der Waals surface area contributed by atoms with Crippen LogP contribution in [0, 0.1) is 0 Å². The van der Waals surface area contributed by atoms with E-state index in [-0.39, 0.29) is 31.1 Å². The number of urea groups is 1. The molecule has 1 saturated heterocycles. The number of nitrogens with one attached hydrogen (secondary N) is 1. The quantitative estimate of drug-likeness (QED) is 0.695. The third kappa shape index (κ3) is 3.60. The van der Waals surface area contributed by atoms with Gasteiger partial charge in [0.2, 0.25) is 0 Å². The molecule has 2 amide bonds. The van der Waals surface area contributed by atoms with Gasteiger partial charge in [-0.25, -0.2) is 9.59 Å². The molecule has 3 atom stereocenters. The number of rotatable bonds is 4. The predicted molar refractivity (Wildman–Crippen MR) is 66.3 cm³/mol. The molecule has 1 fully saturated rings. The third-order valence-corrected chi connectivity index (χ3v) is 3.44. The van der Waals surface area contributed by atoms with Crippen molar-refractivity contribution in [1.82, 2.24) is 10.2 Å². The van der Waals surface area contributed by atoms with Gasteiger partial charge in [-0.15, -0.1) is 0 Å². The topological polar surface area (TPSA) is 89.9 Å². The van der Waals surface area contributed by atoms with E-state index in [9.17, 15) is 9.59 Å². The second-order valence-electron chi connectivity index (χ2n) is 4.89. The zero-order valence-electron chi connectivity index (χ0n) is 10.9. The summed E-state index contributed by atoms with van der Waals surface area (Å²) in [5.41, 5.74) is 0. The van der Waals surface area contributed by atoms with Crippen LogP contribution in [0.1, 0.15) is 39.5 Å². The summed E-state index contributed by atoms with van der Waals surface area (Å²) >= 11 is 0. The number of hydrogen-bond donors (Lipinski definition) is 3. The lowest BCUT2D eigenvalue weighted by atomic mass is 9.98. The van der Waals surface area contributed by atoms with Gasteiger partial charge in [-0.2, -0.15) is 0 Å². The zero-order valence-corrected chi connectivity index (χ0v) is 10.9. The van der Waals surface area contributed by atoms with Gasteiger partial charge in [0.25, 0.3) is 0 Å². The van der Waals surface area contributed by atoms with E-state index in [4.69, 9.17) is 10.2 Å². The Morgan fingerprint density at radius 3 is 2.33 bits per heavy atom. The number of carbonyl (C=O) groups excluding carboxylic acids is 1. The highest BCUT2D eigenvalue weighted by Gasteiger charge is 2.31. The first-order valence-electron chi connectivity index (χ1n) is 6.39. The summed E-state index contributed by atoms with van der Waals surface area (Å²) in [5, 5.41) is 20.2. The van der Waals surface area contributed by atoms with E-state index < -0.39 is 12.0 Å². The van der Waals surface area contributed by atoms with Crippen molar-refractivity contribution in [3.63, 3.8) is 0 Å². The number of likely N-dealkylation sites (tertiary alicyclic amines) is 1. The molecule has 3 N–H and O–H groups in total. The fourth-order valence-corrected chi connectivity index (χ4v) is 2.43. The summed E-state index contributed by atoms with van der Waals surface area (Å²) in [7, 11) is 0. The van der Waals surface area contributed by atoms with Gasteiger partial charge >= 0.3 is 12.0 Å². The predicted octanol–water partition coefficient (Wildman–Crippen LogP) is 0.794. The van der Waals surface area contributed by atoms with Crippen LogP contribution in [-0.2, 0) is 4.79 Å². The molecule has 104 valence electrons. The summed E-state index contributed by atoms with van der Waals surface area (Å²) < 4.78 is 0. The van der Waals surface area contributed by atoms with Crippen molar-refractivity contribution in [1.29, 1.82) is 0 Å². The molecule has 0 aromatic carbocycles. The Morgan fingerprint density at radius 1 is 1.33 bits per heavy atom. The highest BCUT2D eigenvalue weighted by Crippen LogP contribution is 2.22. The third-order valence-electron chi connectivity index (χ3n) is 3.44. The van der Waals surface area contributed by atoms with Crippen LogP contribution >= 0.6 is 0 Å². The Bertz CT molecular complexity index is 298. The first-order chi connectivity index (χ1) is 8.47. The van der Waals surface area contributed by atoms with Gasteiger partial charge in [0.15, 0.2) is 0 Å². The van der Waals surface area contributed by atoms with E-state index in [0.717, 1.165) is 19.3 Å². The van der Waals surface area contributed by atoms with Gasteiger partial charge < -0.3 is 20.4 Å². The molecule has 0 aliphatic carbocycles. The number of aliphatic hydroxyl groups is 1. The van der Waals surface area contributed by atoms with Gasteiger partial charge in [-0.1, -0.05) is 0 Å². The highest BCUT2D eigenvalue weighted by molar-refractivity contribution is 5.82. The molecule has 1 rings (SSSR count). The van der Waals surface area contributed by atoms with E-state index in [0.29, 0.717) is 0 Å². The standard InChI is InChI=1S/C12H22N2O4/c1-8-4-3-5-9(2)14(8)12(18)13-10(6-7-15)11(16)17/h8-10,15H,3-7H2,1-2H3,(H,13,18)(H,16,17)/t8-,9+,10?. The molecule has 0 aromatic heterocycles. The van der Waals surface area contributed by atoms with E-state index >= 15 is 0 Å². The van der Waals surface area contributed by atoms with Crippen LogP contribution in [0.25, 0.3) is 0 Å². The minimum absolute atomic E-state index is 0.0255. The fourth-order valence-electron chi connectivity index (χ4n) is 2.43. The molecule has 1 aliphatic heterocycles. The molecule has 1 heterocycles. The molecular formula is C12H22N2O4.